The number of carboxylic acids is 3. The number of thiophene rings is 1. The third kappa shape index (κ3) is 33.0. The number of fused-ring (bicyclic) bond motifs is 4. The standard InChI is InChI=1S/C105H138N18O25S/c1-61-31-19-20-35-67(61)54-76-89(135)114-75(55-69-59-149-80-39-22-21-37-70(69)80)88(134)111-72(86(132)108-62(2)84(106)130)40-41-81(125)107-47-27-23-38-71-92(138)121-104(98(145)116-76)46-49-122(60-104)100(147)148-50-28-15-11-10-12-24-42-103(43-25-13-14-26-44-105(45-30-48-123(105)64(4)124)99(146)118-78(57-83(128)129)91(137)115-79(94(140)120-103)58-101(5,6)7)97(144)117-77(56-82(126)127)90(136)113-74(53-66-34-29-36-68(51-66)95(141)142)93(139)119-102(8,9)96(143)109-63(3)85(131)112-73(87(133)110-71)52-65-32-17-16-18-33-65/h10-11,14,16-22,26,29,31-37,39,51,59,62-63,71-79H,12-13,15,23-25,27-28,30,38,40-50,52-58,60H2,1-9H3,(H2,106,130)(H,107,125)(H,108,132)(H,109,143)(H,110,133)(H,111,134)(H,112,131)(H,113,136)(H,114,135)(H,115,137)(H,116,145)(H,117,144)(H,118,146)(H,119,139)(H,120,140)(H,121,138)(H,126,127)(H,128,129)(H,141,142)/b11-10+,26-14-/t62-,63-,71-,72-,73-,74-,75-,76-,77-,78-,79-,103+,104-,105-/m0/s1. The smallest absolute Gasteiger partial charge is 0.409 e. The third-order valence-electron chi connectivity index (χ3n) is 27.1. The number of cyclic esters (lactones) is 1. The Morgan fingerprint density at radius 2 is 1.07 bits per heavy atom. The number of benzene rings is 4. The molecule has 44 heteroatoms. The van der Waals surface area contributed by atoms with Gasteiger partial charge in [-0.1, -0.05) is 130 Å². The highest BCUT2D eigenvalue weighted by Gasteiger charge is 2.53. The Morgan fingerprint density at radius 1 is 0.523 bits per heavy atom. The van der Waals surface area contributed by atoms with Crippen LogP contribution in [0.1, 0.15) is 222 Å². The van der Waals surface area contributed by atoms with Gasteiger partial charge in [0.15, 0.2) is 0 Å². The number of nitrogens with zero attached hydrogens (tertiary/aromatic N) is 2. The molecule has 10 rings (SSSR count). The van der Waals surface area contributed by atoms with Gasteiger partial charge in [0, 0.05) is 63.4 Å². The third-order valence-corrected chi connectivity index (χ3v) is 28.1. The fraction of sp³-hybridized carbons (Fsp3) is 0.514. The zero-order valence-corrected chi connectivity index (χ0v) is 86.1. The number of hydrogen-bond donors (Lipinski definition) is 19. The number of aromatic carboxylic acids is 1. The molecule has 14 atom stereocenters. The topological polar surface area (TPSA) is 641 Å². The Bertz CT molecular complexity index is 5860. The van der Waals surface area contributed by atoms with E-state index < -0.39 is 257 Å². The lowest BCUT2D eigenvalue weighted by Gasteiger charge is -2.38. The van der Waals surface area contributed by atoms with Crippen molar-refractivity contribution in [2.24, 2.45) is 11.1 Å². The summed E-state index contributed by atoms with van der Waals surface area (Å²) >= 11 is 1.35. The van der Waals surface area contributed by atoms with Crippen LogP contribution in [0.3, 0.4) is 0 Å². The van der Waals surface area contributed by atoms with E-state index in [0.29, 0.717) is 34.1 Å². The van der Waals surface area contributed by atoms with E-state index in [1.165, 1.54) is 75.1 Å². The highest BCUT2D eigenvalue weighted by molar-refractivity contribution is 7.17. The van der Waals surface area contributed by atoms with Crippen molar-refractivity contribution >= 4 is 146 Å². The highest BCUT2D eigenvalue weighted by Crippen LogP contribution is 2.36. The monoisotopic (exact) mass is 2080 g/mol. The number of ether oxygens (including phenoxy) is 1. The number of rotatable bonds is 17. The van der Waals surface area contributed by atoms with Crippen molar-refractivity contribution < 1.29 is 121 Å². The van der Waals surface area contributed by atoms with E-state index in [-0.39, 0.29) is 153 Å². The number of nitrogens with two attached hydrogens (primary N) is 1. The Balaban J connectivity index is 1.06. The van der Waals surface area contributed by atoms with Gasteiger partial charge in [0.1, 0.15) is 88.6 Å². The molecule has 0 unspecified atom stereocenters. The fourth-order valence-electron chi connectivity index (χ4n) is 18.7. The van der Waals surface area contributed by atoms with Crippen molar-refractivity contribution in [1.29, 1.82) is 0 Å². The predicted molar refractivity (Wildman–Crippen MR) is 545 cm³/mol. The molecule has 5 aromatic rings. The van der Waals surface area contributed by atoms with Crippen LogP contribution in [0.2, 0.25) is 0 Å². The summed E-state index contributed by atoms with van der Waals surface area (Å²) in [6.07, 6.45) is 0.719. The minimum Gasteiger partial charge on any atom is -0.481 e. The maximum Gasteiger partial charge on any atom is 0.409 e. The van der Waals surface area contributed by atoms with Crippen molar-refractivity contribution in [3.8, 4) is 0 Å². The lowest BCUT2D eigenvalue weighted by atomic mass is 9.83. The van der Waals surface area contributed by atoms with Gasteiger partial charge < -0.3 is 115 Å². The molecule has 804 valence electrons. The summed E-state index contributed by atoms with van der Waals surface area (Å²) in [6, 6.07) is 8.98. The van der Waals surface area contributed by atoms with Gasteiger partial charge in [-0.15, -0.1) is 11.3 Å². The average molecular weight is 2080 g/mol. The van der Waals surface area contributed by atoms with Crippen LogP contribution in [0.15, 0.2) is 133 Å². The van der Waals surface area contributed by atoms with E-state index in [0.717, 1.165) is 9.60 Å². The van der Waals surface area contributed by atoms with Crippen LogP contribution in [0.4, 0.5) is 4.79 Å². The maximum atomic E-state index is 16.2. The van der Waals surface area contributed by atoms with Crippen molar-refractivity contribution in [1.82, 2.24) is 89.6 Å². The van der Waals surface area contributed by atoms with E-state index in [2.05, 4.69) is 79.8 Å². The first kappa shape index (κ1) is 116. The second-order valence-electron chi connectivity index (χ2n) is 40.5. The number of carbonyl (C=O) groups excluding carboxylic acids is 18. The van der Waals surface area contributed by atoms with Crippen LogP contribution in [0.25, 0.3) is 10.1 Å². The highest BCUT2D eigenvalue weighted by atomic mass is 32.1. The first-order valence-corrected chi connectivity index (χ1v) is 51.1. The molecule has 1 aromatic heterocycles. The van der Waals surface area contributed by atoms with Crippen molar-refractivity contribution in [3.05, 3.63) is 166 Å². The molecule has 3 saturated heterocycles. The van der Waals surface area contributed by atoms with Crippen LogP contribution >= 0.6 is 11.3 Å². The molecular weight excluding hydrogens is 1950 g/mol. The SMILES string of the molecule is CC(=O)N1CCC[C@]12C/C=C\CCC[C@@]1(CCC/C=C/CCCOC(=O)N3CC[C@@]4(C3)NC(=O)[C@H](CCCCNC(=O)CC[C@@H](C(=O)N[C@@H](C)C(N)=O)NC(=O)[C@H](Cc3csc5ccccc35)NC(=O)[C@H](Cc3ccccc3C)NC4=O)NC(=O)[C@H](Cc3ccccc3)NC(=O)[C@H](C)NC(=O)C(C)(C)NC(=O)[C@H](Cc3cccc(C(=O)O)c3)NC(=O)[C@H](CC(=O)O)NC1=O)NC(=O)[C@H](CC(C)(C)C)NC(=O)[C@H](CC(=O)O)NC2=O. The van der Waals surface area contributed by atoms with Gasteiger partial charge in [0.05, 0.1) is 31.6 Å². The molecule has 0 saturated carbocycles. The number of hydrogen-bond acceptors (Lipinski definition) is 23. The van der Waals surface area contributed by atoms with Crippen molar-refractivity contribution in [2.45, 2.75) is 305 Å². The lowest BCUT2D eigenvalue weighted by molar-refractivity contribution is -0.146. The molecule has 43 nitrogen and oxygen atoms in total. The van der Waals surface area contributed by atoms with Crippen molar-refractivity contribution in [3.63, 3.8) is 0 Å². The quantitative estimate of drug-likeness (QED) is 0.0595. The normalized spacial score (nSPS) is 26.4. The molecule has 0 aliphatic carbocycles. The van der Waals surface area contributed by atoms with Crippen LogP contribution in [0.5, 0.6) is 0 Å². The van der Waals surface area contributed by atoms with E-state index in [1.54, 1.807) is 118 Å². The zero-order valence-electron chi connectivity index (χ0n) is 85.3. The first-order chi connectivity index (χ1) is 70.6. The maximum absolute atomic E-state index is 16.2. The molecule has 149 heavy (non-hydrogen) atoms. The molecule has 18 amide bonds. The zero-order chi connectivity index (χ0) is 109. The minimum absolute atomic E-state index is 0.00296. The molecule has 3 bridgehead atoms. The average Bonchev–Trinajstić information content (AvgIpc) is 1.64. The van der Waals surface area contributed by atoms with Crippen LogP contribution in [0, 0.1) is 12.3 Å². The molecule has 5 aliphatic rings. The number of carbonyl (C=O) groups is 21. The minimum atomic E-state index is -2.24. The van der Waals surface area contributed by atoms with Crippen LogP contribution in [-0.2, 0) is 122 Å². The number of nitrogens with one attached hydrogen (secondary N) is 15. The first-order valence-electron chi connectivity index (χ1n) is 50.3. The summed E-state index contributed by atoms with van der Waals surface area (Å²) in [6.45, 7) is 11.9. The second kappa shape index (κ2) is 53.0. The van der Waals surface area contributed by atoms with Crippen molar-refractivity contribution in [2.75, 3.05) is 32.8 Å². The molecule has 3 spiro atoms. The lowest BCUT2D eigenvalue weighted by Crippen LogP contribution is -2.66. The summed E-state index contributed by atoms with van der Waals surface area (Å²) in [5, 5.41) is 73.9. The second-order valence-corrected chi connectivity index (χ2v) is 41.4. The molecule has 0 radical (unpaired) electrons. The molecule has 6 heterocycles. The molecule has 4 aromatic carbocycles. The largest absolute Gasteiger partial charge is 0.481 e. The number of carboxylic acid groups (broad SMARTS) is 3. The summed E-state index contributed by atoms with van der Waals surface area (Å²) in [4.78, 5) is 310. The van der Waals surface area contributed by atoms with E-state index in [9.17, 15) is 72.9 Å². The number of primary amides is 1. The molecular formula is C105H138N18O25S. The van der Waals surface area contributed by atoms with E-state index >= 15 is 43.2 Å². The number of aliphatic carboxylic acids is 2. The van der Waals surface area contributed by atoms with Gasteiger partial charge >= 0.3 is 24.0 Å². The summed E-state index contributed by atoms with van der Waals surface area (Å²) in [5.41, 5.74) is -1.48. The summed E-state index contributed by atoms with van der Waals surface area (Å²) < 4.78 is 6.73. The summed E-state index contributed by atoms with van der Waals surface area (Å²) in [5.74, 6) is -21.4. The molecule has 5 aliphatic heterocycles. The Morgan fingerprint density at radius 3 is 1.73 bits per heavy atom. The van der Waals surface area contributed by atoms with Gasteiger partial charge in [-0.25, -0.2) is 9.59 Å². The Labute approximate surface area is 866 Å². The predicted octanol–water partition coefficient (Wildman–Crippen LogP) is 2.98. The van der Waals surface area contributed by atoms with Gasteiger partial charge in [0.25, 0.3) is 0 Å². The number of allylic oxidation sites excluding steroid dienone is 3. The fourth-order valence-corrected chi connectivity index (χ4v) is 19.7. The van der Waals surface area contributed by atoms with Gasteiger partial charge in [-0.05, 0) is 206 Å². The van der Waals surface area contributed by atoms with Gasteiger partial charge in [0.2, 0.25) is 100 Å². The number of aryl methyl sites for hydroxylation is 1. The summed E-state index contributed by atoms with van der Waals surface area (Å²) in [7, 11) is 0. The molecule has 20 N–H and O–H groups in total. The van der Waals surface area contributed by atoms with E-state index in [1.807, 2.05) is 18.2 Å². The molecule has 3 fully saturated rings. The van der Waals surface area contributed by atoms with Gasteiger partial charge in [-0.2, -0.15) is 0 Å². The Hall–Kier alpha value is -15.0. The van der Waals surface area contributed by atoms with Gasteiger partial charge in [-0.3, -0.25) is 91.1 Å². The van der Waals surface area contributed by atoms with Crippen LogP contribution in [-0.4, -0.2) is 271 Å². The van der Waals surface area contributed by atoms with Crippen LogP contribution < -0.4 is 85.5 Å². The number of likely N-dealkylation sites (tertiary alicyclic amines) is 1. The van der Waals surface area contributed by atoms with E-state index in [4.69, 9.17) is 10.5 Å². The number of amides is 18. The Kier molecular flexibility index (Phi) is 41.3.